The molecule has 0 saturated heterocycles. The number of amides is 1. The lowest BCUT2D eigenvalue weighted by Crippen LogP contribution is -2.33. The molecule has 6 nitrogen and oxygen atoms in total. The molecule has 0 aliphatic rings. The van der Waals surface area contributed by atoms with Crippen molar-refractivity contribution in [3.05, 3.63) is 74.2 Å². The van der Waals surface area contributed by atoms with E-state index in [1.807, 2.05) is 45.0 Å². The molecule has 1 unspecified atom stereocenters. The monoisotopic (exact) mass is 514 g/mol. The molecule has 0 bridgehead atoms. The molecule has 4 aromatic rings. The fourth-order valence-corrected chi connectivity index (χ4v) is 5.55. The highest BCUT2D eigenvalue weighted by Gasteiger charge is 2.21. The highest BCUT2D eigenvalue weighted by Crippen LogP contribution is 2.29. The molecule has 4 rings (SSSR count). The van der Waals surface area contributed by atoms with Crippen LogP contribution in [0.2, 0.25) is 0 Å². The molecule has 0 saturated carbocycles. The molecular formula is C24H23FN4O2S3. The molecule has 0 aliphatic carbocycles. The molecule has 2 aromatic carbocycles. The van der Waals surface area contributed by atoms with E-state index < -0.39 is 11.4 Å². The number of benzene rings is 2. The number of nitrogens with zero attached hydrogens (tertiary/aromatic N) is 3. The number of thiazole rings is 1. The Kier molecular flexibility index (Phi) is 7.30. The Hall–Kier alpha value is -2.82. The van der Waals surface area contributed by atoms with Crippen LogP contribution < -0.4 is 10.9 Å². The summed E-state index contributed by atoms with van der Waals surface area (Å²) in [5.74, 6) is -0.708. The molecule has 176 valence electrons. The molecule has 2 heterocycles. The summed E-state index contributed by atoms with van der Waals surface area (Å²) < 4.78 is 18.5. The van der Waals surface area contributed by atoms with Crippen LogP contribution in [0.3, 0.4) is 0 Å². The van der Waals surface area contributed by atoms with E-state index in [1.165, 1.54) is 16.7 Å². The van der Waals surface area contributed by atoms with Crippen LogP contribution in [0.1, 0.15) is 25.8 Å². The number of halogens is 1. The van der Waals surface area contributed by atoms with E-state index in [-0.39, 0.29) is 28.5 Å². The van der Waals surface area contributed by atoms with Crippen molar-refractivity contribution in [3.8, 4) is 11.4 Å². The zero-order chi connectivity index (χ0) is 24.4. The van der Waals surface area contributed by atoms with Crippen LogP contribution in [0.5, 0.6) is 0 Å². The van der Waals surface area contributed by atoms with Gasteiger partial charge in [-0.1, -0.05) is 60.4 Å². The quantitative estimate of drug-likeness (QED) is 0.203. The third-order valence-corrected chi connectivity index (χ3v) is 7.67. The lowest BCUT2D eigenvalue weighted by atomic mass is 10.2. The first-order valence-corrected chi connectivity index (χ1v) is 12.9. The fourth-order valence-electron chi connectivity index (χ4n) is 3.45. The number of rotatable bonds is 7. The number of aryl methyl sites for hydroxylation is 1. The molecule has 1 N–H and O–H groups in total. The summed E-state index contributed by atoms with van der Waals surface area (Å²) in [5, 5.41) is 3.12. The van der Waals surface area contributed by atoms with E-state index in [1.54, 1.807) is 16.7 Å². The Labute approximate surface area is 209 Å². The highest BCUT2D eigenvalue weighted by molar-refractivity contribution is 7.99. The summed E-state index contributed by atoms with van der Waals surface area (Å²) in [4.78, 5) is 30.8. The number of nitrogens with one attached hydrogen (secondary N) is 1. The standard InChI is InChI=1S/C24H23FN4O2S3/c1-4-15(3)26-19(30)13-33-23-27-21-20(22(31)29(23)18-12-8-6-10-16(18)25)34-24(32)28(21)17-11-7-5-9-14(17)2/h5-12,15H,4,13H2,1-3H3,(H,26,30). The first-order valence-electron chi connectivity index (χ1n) is 10.7. The topological polar surface area (TPSA) is 68.9 Å². The Morgan fingerprint density at radius 2 is 1.85 bits per heavy atom. The fraction of sp³-hybridized carbons (Fsp3) is 0.250. The van der Waals surface area contributed by atoms with Crippen LogP contribution in [0.15, 0.2) is 58.5 Å². The predicted molar refractivity (Wildman–Crippen MR) is 139 cm³/mol. The number of carbonyl (C=O) groups is 1. The van der Waals surface area contributed by atoms with E-state index in [4.69, 9.17) is 17.2 Å². The highest BCUT2D eigenvalue weighted by atomic mass is 32.2. The van der Waals surface area contributed by atoms with Crippen LogP contribution in [-0.2, 0) is 4.79 Å². The first-order chi connectivity index (χ1) is 16.3. The van der Waals surface area contributed by atoms with Crippen LogP contribution >= 0.6 is 35.3 Å². The summed E-state index contributed by atoms with van der Waals surface area (Å²) >= 11 is 7.83. The minimum atomic E-state index is -0.557. The lowest BCUT2D eigenvalue weighted by molar-refractivity contribution is -0.119. The number of fused-ring (bicyclic) bond motifs is 1. The summed E-state index contributed by atoms with van der Waals surface area (Å²) in [6.07, 6.45) is 0.799. The number of hydrogen-bond acceptors (Lipinski definition) is 6. The van der Waals surface area contributed by atoms with Crippen molar-refractivity contribution in [1.82, 2.24) is 19.4 Å². The van der Waals surface area contributed by atoms with Crippen molar-refractivity contribution in [2.75, 3.05) is 5.75 Å². The van der Waals surface area contributed by atoms with Crippen LogP contribution in [0.4, 0.5) is 4.39 Å². The van der Waals surface area contributed by atoms with E-state index in [0.29, 0.717) is 14.3 Å². The molecule has 1 atom stereocenters. The minimum Gasteiger partial charge on any atom is -0.353 e. The zero-order valence-electron chi connectivity index (χ0n) is 18.9. The maximum atomic E-state index is 14.8. The zero-order valence-corrected chi connectivity index (χ0v) is 21.3. The third-order valence-electron chi connectivity index (χ3n) is 5.38. The number of carbonyl (C=O) groups excluding carboxylic acids is 1. The van der Waals surface area contributed by atoms with Gasteiger partial charge in [0.2, 0.25) is 5.91 Å². The van der Waals surface area contributed by atoms with Gasteiger partial charge in [0.1, 0.15) is 10.5 Å². The summed E-state index contributed by atoms with van der Waals surface area (Å²) in [5.41, 5.74) is 1.84. The average molecular weight is 515 g/mol. The van der Waals surface area contributed by atoms with E-state index in [2.05, 4.69) is 5.32 Å². The Morgan fingerprint density at radius 1 is 1.18 bits per heavy atom. The van der Waals surface area contributed by atoms with Gasteiger partial charge in [0, 0.05) is 6.04 Å². The van der Waals surface area contributed by atoms with E-state index >= 15 is 0 Å². The first kappa shape index (κ1) is 24.3. The molecule has 0 radical (unpaired) electrons. The van der Waals surface area contributed by atoms with Crippen molar-refractivity contribution in [2.45, 2.75) is 38.4 Å². The Bertz CT molecular complexity index is 1490. The normalized spacial score (nSPS) is 12.1. The Morgan fingerprint density at radius 3 is 2.53 bits per heavy atom. The van der Waals surface area contributed by atoms with Gasteiger partial charge in [-0.3, -0.25) is 18.7 Å². The van der Waals surface area contributed by atoms with Gasteiger partial charge >= 0.3 is 0 Å². The van der Waals surface area contributed by atoms with Gasteiger partial charge in [0.05, 0.1) is 17.1 Å². The van der Waals surface area contributed by atoms with Gasteiger partial charge in [-0.05, 0) is 56.2 Å². The van der Waals surface area contributed by atoms with Crippen LogP contribution in [0.25, 0.3) is 21.7 Å². The maximum absolute atomic E-state index is 14.8. The van der Waals surface area contributed by atoms with Crippen LogP contribution in [-0.4, -0.2) is 31.8 Å². The molecule has 10 heteroatoms. The molecule has 1 amide bonds. The van der Waals surface area contributed by atoms with E-state index in [0.717, 1.165) is 40.8 Å². The van der Waals surface area contributed by atoms with Gasteiger partial charge in [-0.15, -0.1) is 0 Å². The van der Waals surface area contributed by atoms with Gasteiger partial charge in [0.15, 0.2) is 14.8 Å². The number of hydrogen-bond donors (Lipinski definition) is 1. The SMILES string of the molecule is CCC(C)NC(=O)CSc1nc2c(sc(=S)n2-c2ccccc2C)c(=O)n1-c1ccccc1F. The van der Waals surface area contributed by atoms with Crippen molar-refractivity contribution >= 4 is 51.6 Å². The summed E-state index contributed by atoms with van der Waals surface area (Å²) in [6, 6.07) is 13.7. The smallest absolute Gasteiger partial charge is 0.278 e. The lowest BCUT2D eigenvalue weighted by Gasteiger charge is -2.15. The number of para-hydroxylation sites is 2. The van der Waals surface area contributed by atoms with Gasteiger partial charge < -0.3 is 5.32 Å². The second kappa shape index (κ2) is 10.2. The molecule has 0 fully saturated rings. The molecule has 0 aliphatic heterocycles. The number of aromatic nitrogens is 3. The van der Waals surface area contributed by atoms with Gasteiger partial charge in [0.25, 0.3) is 5.56 Å². The van der Waals surface area contributed by atoms with Crippen molar-refractivity contribution in [1.29, 1.82) is 0 Å². The molecular weight excluding hydrogens is 491 g/mol. The summed E-state index contributed by atoms with van der Waals surface area (Å²) in [6.45, 7) is 5.86. The van der Waals surface area contributed by atoms with Crippen LogP contribution in [0, 0.1) is 16.7 Å². The van der Waals surface area contributed by atoms with Gasteiger partial charge in [-0.25, -0.2) is 9.37 Å². The van der Waals surface area contributed by atoms with Crippen molar-refractivity contribution in [2.24, 2.45) is 0 Å². The average Bonchev–Trinajstić information content (AvgIpc) is 3.15. The second-order valence-electron chi connectivity index (χ2n) is 7.79. The van der Waals surface area contributed by atoms with Gasteiger partial charge in [-0.2, -0.15) is 0 Å². The Balaban J connectivity index is 1.92. The van der Waals surface area contributed by atoms with E-state index in [9.17, 15) is 14.0 Å². The number of thioether (sulfide) groups is 1. The largest absolute Gasteiger partial charge is 0.353 e. The van der Waals surface area contributed by atoms with Crippen molar-refractivity contribution < 1.29 is 9.18 Å². The predicted octanol–water partition coefficient (Wildman–Crippen LogP) is 5.42. The summed E-state index contributed by atoms with van der Waals surface area (Å²) in [7, 11) is 0. The molecule has 2 aromatic heterocycles. The molecule has 0 spiro atoms. The maximum Gasteiger partial charge on any atom is 0.278 e. The minimum absolute atomic E-state index is 0.0279. The second-order valence-corrected chi connectivity index (χ2v) is 10.4. The molecule has 34 heavy (non-hydrogen) atoms. The third kappa shape index (κ3) is 4.70. The van der Waals surface area contributed by atoms with Crippen molar-refractivity contribution in [3.63, 3.8) is 0 Å².